The van der Waals surface area contributed by atoms with Crippen LogP contribution in [0, 0.1) is 6.92 Å². The number of nitrogens with one attached hydrogen (secondary N) is 2. The van der Waals surface area contributed by atoms with E-state index in [-0.39, 0.29) is 22.8 Å². The lowest BCUT2D eigenvalue weighted by molar-refractivity contribution is -0.137. The summed E-state index contributed by atoms with van der Waals surface area (Å²) in [6, 6.07) is 9.42. The number of carbonyl (C=O) groups is 1. The van der Waals surface area contributed by atoms with Gasteiger partial charge in [0.2, 0.25) is 0 Å². The summed E-state index contributed by atoms with van der Waals surface area (Å²) in [4.78, 5) is 11.8. The van der Waals surface area contributed by atoms with Crippen LogP contribution in [0.25, 0.3) is 11.3 Å². The Morgan fingerprint density at radius 3 is 2.77 bits per heavy atom. The topological polar surface area (TPSA) is 83.3 Å². The second-order valence-electron chi connectivity index (χ2n) is 5.42. The zero-order valence-corrected chi connectivity index (χ0v) is 13.5. The Morgan fingerprint density at radius 1 is 1.27 bits per heavy atom. The molecular formula is C17H13F3N4O2. The Hall–Kier alpha value is -3.36. The van der Waals surface area contributed by atoms with Crippen molar-refractivity contribution in [2.24, 2.45) is 5.10 Å². The second-order valence-corrected chi connectivity index (χ2v) is 5.42. The van der Waals surface area contributed by atoms with E-state index in [1.54, 1.807) is 13.0 Å². The van der Waals surface area contributed by atoms with Crippen LogP contribution in [-0.4, -0.2) is 22.3 Å². The van der Waals surface area contributed by atoms with Gasteiger partial charge in [0.05, 0.1) is 11.8 Å². The highest BCUT2D eigenvalue weighted by Crippen LogP contribution is 2.32. The van der Waals surface area contributed by atoms with Crippen molar-refractivity contribution < 1.29 is 22.4 Å². The van der Waals surface area contributed by atoms with Crippen LogP contribution in [0.2, 0.25) is 0 Å². The lowest BCUT2D eigenvalue weighted by Crippen LogP contribution is -2.17. The van der Waals surface area contributed by atoms with Crippen LogP contribution in [0.1, 0.15) is 27.5 Å². The Morgan fingerprint density at radius 2 is 2.08 bits per heavy atom. The highest BCUT2D eigenvalue weighted by Gasteiger charge is 2.30. The van der Waals surface area contributed by atoms with Crippen molar-refractivity contribution in [3.63, 3.8) is 0 Å². The molecule has 0 atom stereocenters. The number of aryl methyl sites for hydroxylation is 1. The summed E-state index contributed by atoms with van der Waals surface area (Å²) in [5.41, 5.74) is 2.72. The summed E-state index contributed by atoms with van der Waals surface area (Å²) in [6.45, 7) is 1.76. The molecule has 0 aliphatic carbocycles. The minimum Gasteiger partial charge on any atom is -0.455 e. The van der Waals surface area contributed by atoms with Crippen LogP contribution in [0.3, 0.4) is 0 Å². The zero-order chi connectivity index (χ0) is 18.7. The van der Waals surface area contributed by atoms with Gasteiger partial charge in [-0.2, -0.15) is 23.4 Å². The Kier molecular flexibility index (Phi) is 4.61. The molecule has 0 radical (unpaired) electrons. The monoisotopic (exact) mass is 362 g/mol. The predicted octanol–water partition coefficient (Wildman–Crippen LogP) is 3.76. The van der Waals surface area contributed by atoms with E-state index in [9.17, 15) is 18.0 Å². The van der Waals surface area contributed by atoms with E-state index in [1.165, 1.54) is 30.5 Å². The zero-order valence-electron chi connectivity index (χ0n) is 13.5. The van der Waals surface area contributed by atoms with Gasteiger partial charge in [0.15, 0.2) is 5.69 Å². The van der Waals surface area contributed by atoms with Crippen molar-refractivity contribution in [1.29, 1.82) is 0 Å². The van der Waals surface area contributed by atoms with E-state index in [0.717, 1.165) is 17.8 Å². The normalized spacial score (nSPS) is 11.8. The molecule has 9 heteroatoms. The highest BCUT2D eigenvalue weighted by atomic mass is 19.4. The smallest absolute Gasteiger partial charge is 0.416 e. The molecule has 0 bridgehead atoms. The average Bonchev–Trinajstić information content (AvgIpc) is 3.23. The van der Waals surface area contributed by atoms with Crippen molar-refractivity contribution in [2.75, 3.05) is 0 Å². The van der Waals surface area contributed by atoms with Crippen LogP contribution >= 0.6 is 0 Å². The van der Waals surface area contributed by atoms with Crippen molar-refractivity contribution >= 4 is 12.1 Å². The second kappa shape index (κ2) is 6.87. The maximum atomic E-state index is 12.8. The summed E-state index contributed by atoms with van der Waals surface area (Å²) >= 11 is 0. The number of nitrogens with zero attached hydrogens (tertiary/aromatic N) is 2. The summed E-state index contributed by atoms with van der Waals surface area (Å²) in [7, 11) is 0. The number of benzene rings is 1. The SMILES string of the molecule is Cc1cc(C(=O)N/N=C/c2ccc(-c3cccc(C(F)(F)F)c3)o2)n[nH]1. The number of furan rings is 1. The fourth-order valence-electron chi connectivity index (χ4n) is 2.17. The molecule has 2 N–H and O–H groups in total. The maximum Gasteiger partial charge on any atom is 0.416 e. The minimum atomic E-state index is -4.43. The number of alkyl halides is 3. The van der Waals surface area contributed by atoms with Crippen LogP contribution in [0.5, 0.6) is 0 Å². The van der Waals surface area contributed by atoms with E-state index in [0.29, 0.717) is 0 Å². The number of rotatable bonds is 4. The van der Waals surface area contributed by atoms with Crippen LogP contribution in [-0.2, 0) is 6.18 Å². The van der Waals surface area contributed by atoms with Gasteiger partial charge < -0.3 is 4.42 Å². The van der Waals surface area contributed by atoms with Gasteiger partial charge in [-0.3, -0.25) is 9.89 Å². The molecule has 3 rings (SSSR count). The fourth-order valence-corrected chi connectivity index (χ4v) is 2.17. The van der Waals surface area contributed by atoms with Gasteiger partial charge in [0.1, 0.15) is 11.5 Å². The van der Waals surface area contributed by atoms with Crippen molar-refractivity contribution in [3.8, 4) is 11.3 Å². The Labute approximate surface area is 145 Å². The standard InChI is InChI=1S/C17H13F3N4O2/c1-10-7-14(23-22-10)16(25)24-21-9-13-5-6-15(26-13)11-3-2-4-12(8-11)17(18,19)20/h2-9H,1H3,(H,22,23)(H,24,25)/b21-9+. The van der Waals surface area contributed by atoms with E-state index >= 15 is 0 Å². The van der Waals surface area contributed by atoms with Gasteiger partial charge >= 0.3 is 6.18 Å². The Balaban J connectivity index is 1.69. The first-order valence-corrected chi connectivity index (χ1v) is 7.46. The molecule has 2 heterocycles. The van der Waals surface area contributed by atoms with Gasteiger partial charge in [0.25, 0.3) is 5.91 Å². The highest BCUT2D eigenvalue weighted by molar-refractivity contribution is 5.93. The molecule has 0 saturated heterocycles. The molecule has 6 nitrogen and oxygen atoms in total. The lowest BCUT2D eigenvalue weighted by atomic mass is 10.1. The molecule has 0 aliphatic heterocycles. The summed E-state index contributed by atoms with van der Waals surface area (Å²) in [5, 5.41) is 10.2. The third-order valence-corrected chi connectivity index (χ3v) is 3.40. The summed E-state index contributed by atoms with van der Waals surface area (Å²) < 4.78 is 43.8. The average molecular weight is 362 g/mol. The molecule has 0 aliphatic rings. The van der Waals surface area contributed by atoms with Crippen LogP contribution < -0.4 is 5.43 Å². The number of halogens is 3. The fraction of sp³-hybridized carbons (Fsp3) is 0.118. The number of aromatic nitrogens is 2. The van der Waals surface area contributed by atoms with Gasteiger partial charge in [-0.1, -0.05) is 12.1 Å². The molecule has 0 unspecified atom stereocenters. The largest absolute Gasteiger partial charge is 0.455 e. The first kappa shape index (κ1) is 17.5. The van der Waals surface area contributed by atoms with Crippen molar-refractivity contribution in [1.82, 2.24) is 15.6 Å². The van der Waals surface area contributed by atoms with Gasteiger partial charge in [0, 0.05) is 11.3 Å². The molecule has 2 aromatic heterocycles. The first-order valence-electron chi connectivity index (χ1n) is 7.46. The quantitative estimate of drug-likeness (QED) is 0.548. The minimum absolute atomic E-state index is 0.184. The molecule has 0 saturated carbocycles. The van der Waals surface area contributed by atoms with Gasteiger partial charge in [-0.05, 0) is 37.3 Å². The number of H-pyrrole nitrogens is 1. The molecule has 1 amide bonds. The molecule has 0 fully saturated rings. The first-order chi connectivity index (χ1) is 12.3. The number of aromatic amines is 1. The van der Waals surface area contributed by atoms with E-state index in [2.05, 4.69) is 20.7 Å². The van der Waals surface area contributed by atoms with E-state index in [1.807, 2.05) is 0 Å². The molecule has 134 valence electrons. The van der Waals surface area contributed by atoms with Crippen molar-refractivity contribution in [3.05, 3.63) is 65.2 Å². The van der Waals surface area contributed by atoms with Crippen LogP contribution in [0.15, 0.2) is 52.0 Å². The molecular weight excluding hydrogens is 349 g/mol. The van der Waals surface area contributed by atoms with E-state index < -0.39 is 17.6 Å². The number of hydrogen-bond acceptors (Lipinski definition) is 4. The van der Waals surface area contributed by atoms with Crippen molar-refractivity contribution in [2.45, 2.75) is 13.1 Å². The Bertz CT molecular complexity index is 957. The predicted molar refractivity (Wildman–Crippen MR) is 87.5 cm³/mol. The number of hydrogen-bond donors (Lipinski definition) is 2. The van der Waals surface area contributed by atoms with E-state index in [4.69, 9.17) is 4.42 Å². The third-order valence-electron chi connectivity index (χ3n) is 3.40. The number of amides is 1. The summed E-state index contributed by atoms with van der Waals surface area (Å²) in [5.74, 6) is 0.0259. The molecule has 3 aromatic rings. The number of carbonyl (C=O) groups excluding carboxylic acids is 1. The molecule has 0 spiro atoms. The van der Waals surface area contributed by atoms with Crippen LogP contribution in [0.4, 0.5) is 13.2 Å². The van der Waals surface area contributed by atoms with Gasteiger partial charge in [-0.15, -0.1) is 0 Å². The maximum absolute atomic E-state index is 12.8. The molecule has 1 aromatic carbocycles. The lowest BCUT2D eigenvalue weighted by Gasteiger charge is -2.07. The number of hydrazone groups is 1. The third kappa shape index (κ3) is 4.00. The molecule has 26 heavy (non-hydrogen) atoms. The van der Waals surface area contributed by atoms with Gasteiger partial charge in [-0.25, -0.2) is 5.43 Å². The summed E-state index contributed by atoms with van der Waals surface area (Å²) in [6.07, 6.45) is -3.18.